The summed E-state index contributed by atoms with van der Waals surface area (Å²) in [5, 5.41) is 3.45. The van der Waals surface area contributed by atoms with Crippen LogP contribution in [0.1, 0.15) is 0 Å². The fourth-order valence-electron chi connectivity index (χ4n) is 3.35. The Morgan fingerprint density at radius 3 is 2.38 bits per heavy atom. The fraction of sp³-hybridized carbons (Fsp3) is 0.0476. The second kappa shape index (κ2) is 6.71. The van der Waals surface area contributed by atoms with E-state index in [2.05, 4.69) is 0 Å². The van der Waals surface area contributed by atoms with E-state index in [0.29, 0.717) is 10.6 Å². The van der Waals surface area contributed by atoms with E-state index >= 15 is 0 Å². The average Bonchev–Trinajstić information content (AvgIpc) is 2.66. The predicted molar refractivity (Wildman–Crippen MR) is 106 cm³/mol. The van der Waals surface area contributed by atoms with E-state index in [1.807, 2.05) is 36.4 Å². The molecule has 0 aromatic heterocycles. The van der Waals surface area contributed by atoms with Gasteiger partial charge in [0.2, 0.25) is 0 Å². The van der Waals surface area contributed by atoms with Crippen LogP contribution in [-0.2, 0) is 10.0 Å². The Hall–Kier alpha value is -2.43. The Morgan fingerprint density at radius 1 is 0.885 bits per heavy atom. The van der Waals surface area contributed by atoms with Crippen molar-refractivity contribution in [1.29, 1.82) is 0 Å². The molecule has 0 heterocycles. The van der Waals surface area contributed by atoms with Gasteiger partial charge < -0.3 is 4.74 Å². The molecular weight excluding hydrogens is 371 g/mol. The molecule has 0 aliphatic rings. The lowest BCUT2D eigenvalue weighted by Crippen LogP contribution is -1.95. The molecule has 0 N–H and O–H groups in total. The first-order valence-corrected chi connectivity index (χ1v) is 9.94. The van der Waals surface area contributed by atoms with Gasteiger partial charge >= 0.3 is 0 Å². The second-order valence-electron chi connectivity index (χ2n) is 5.89. The highest BCUT2D eigenvalue weighted by Gasteiger charge is 2.20. The van der Waals surface area contributed by atoms with Crippen molar-refractivity contribution in [3.8, 4) is 16.9 Å². The minimum atomic E-state index is -1.71. The summed E-state index contributed by atoms with van der Waals surface area (Å²) in [6.07, 6.45) is 0. The van der Waals surface area contributed by atoms with Crippen molar-refractivity contribution >= 4 is 42.2 Å². The summed E-state index contributed by atoms with van der Waals surface area (Å²) in [7, 11) is 5.87. The molecular formula is C21H14ClFO2S. The summed E-state index contributed by atoms with van der Waals surface area (Å²) < 4.78 is 31.5. The van der Waals surface area contributed by atoms with Gasteiger partial charge in [-0.1, -0.05) is 42.5 Å². The lowest BCUT2D eigenvalue weighted by Gasteiger charge is -2.17. The van der Waals surface area contributed by atoms with Gasteiger partial charge in [0.1, 0.15) is 21.6 Å². The van der Waals surface area contributed by atoms with E-state index < -0.39 is 10.0 Å². The molecule has 0 fully saturated rings. The van der Waals surface area contributed by atoms with E-state index in [1.165, 1.54) is 12.1 Å². The van der Waals surface area contributed by atoms with Gasteiger partial charge in [-0.05, 0) is 56.5 Å². The van der Waals surface area contributed by atoms with Crippen LogP contribution in [0.3, 0.4) is 0 Å². The molecule has 0 aliphatic heterocycles. The Balaban J connectivity index is 2.23. The van der Waals surface area contributed by atoms with Crippen molar-refractivity contribution in [3.05, 3.63) is 72.5 Å². The van der Waals surface area contributed by atoms with Crippen LogP contribution < -0.4 is 4.74 Å². The van der Waals surface area contributed by atoms with Gasteiger partial charge in [0.25, 0.3) is 0 Å². The van der Waals surface area contributed by atoms with Crippen molar-refractivity contribution < 1.29 is 13.3 Å². The second-order valence-corrected chi connectivity index (χ2v) is 7.62. The molecule has 0 bridgehead atoms. The van der Waals surface area contributed by atoms with Crippen LogP contribution in [-0.4, -0.2) is 11.3 Å². The standard InChI is InChI=1S/C21H14ClFO2S/c1-25-18-10-6-14-12-15(23)8-9-17(14)20(18)21-16-5-3-2-4-13(16)7-11-19(21)26(22)24/h2-12H,1H3. The highest BCUT2D eigenvalue weighted by atomic mass is 35.7. The summed E-state index contributed by atoms with van der Waals surface area (Å²) >= 11 is 0. The number of hydrogen-bond acceptors (Lipinski definition) is 2. The molecule has 26 heavy (non-hydrogen) atoms. The maximum absolute atomic E-state index is 13.7. The molecule has 0 aliphatic carbocycles. The minimum absolute atomic E-state index is 0.312. The summed E-state index contributed by atoms with van der Waals surface area (Å²) in [6, 6.07) is 19.7. The van der Waals surface area contributed by atoms with E-state index in [9.17, 15) is 8.60 Å². The summed E-state index contributed by atoms with van der Waals surface area (Å²) in [5.74, 6) is 0.302. The third kappa shape index (κ3) is 2.75. The number of halogens is 2. The van der Waals surface area contributed by atoms with Crippen LogP contribution in [0.15, 0.2) is 71.6 Å². The molecule has 4 aromatic rings. The van der Waals surface area contributed by atoms with Crippen molar-refractivity contribution in [2.75, 3.05) is 7.11 Å². The number of fused-ring (bicyclic) bond motifs is 2. The molecule has 0 amide bonds. The number of methoxy groups -OCH3 is 1. The van der Waals surface area contributed by atoms with Crippen LogP contribution in [0, 0.1) is 5.82 Å². The highest BCUT2D eigenvalue weighted by molar-refractivity contribution is 8.08. The third-order valence-corrected chi connectivity index (χ3v) is 5.66. The summed E-state index contributed by atoms with van der Waals surface area (Å²) in [5.41, 5.74) is 1.50. The van der Waals surface area contributed by atoms with Gasteiger partial charge in [-0.25, -0.2) is 8.60 Å². The fourth-order valence-corrected chi connectivity index (χ4v) is 4.29. The maximum atomic E-state index is 13.7. The lowest BCUT2D eigenvalue weighted by molar-refractivity contribution is 0.417. The van der Waals surface area contributed by atoms with E-state index in [0.717, 1.165) is 32.7 Å². The first-order valence-electron chi connectivity index (χ1n) is 7.96. The predicted octanol–water partition coefficient (Wildman–Crippen LogP) is 6.07. The van der Waals surface area contributed by atoms with E-state index in [4.69, 9.17) is 15.4 Å². The Bertz CT molecular complexity index is 1170. The van der Waals surface area contributed by atoms with Crippen molar-refractivity contribution in [1.82, 2.24) is 0 Å². The zero-order valence-corrected chi connectivity index (χ0v) is 15.4. The SMILES string of the molecule is COc1ccc2cc(F)ccc2c1-c1c(S(=O)Cl)ccc2ccccc12. The number of benzene rings is 4. The summed E-state index contributed by atoms with van der Waals surface area (Å²) in [4.78, 5) is 0.500. The number of hydrogen-bond donors (Lipinski definition) is 0. The monoisotopic (exact) mass is 384 g/mol. The number of ether oxygens (including phenoxy) is 1. The molecule has 4 aromatic carbocycles. The largest absolute Gasteiger partial charge is 0.496 e. The zero-order valence-electron chi connectivity index (χ0n) is 13.8. The van der Waals surface area contributed by atoms with Crippen molar-refractivity contribution in [2.45, 2.75) is 4.90 Å². The van der Waals surface area contributed by atoms with Gasteiger partial charge in [-0.15, -0.1) is 0 Å². The molecule has 0 saturated heterocycles. The first kappa shape index (κ1) is 17.0. The molecule has 0 spiro atoms. The van der Waals surface area contributed by atoms with Crippen molar-refractivity contribution in [2.24, 2.45) is 0 Å². The normalized spacial score (nSPS) is 12.4. The topological polar surface area (TPSA) is 26.3 Å². The minimum Gasteiger partial charge on any atom is -0.496 e. The molecule has 5 heteroatoms. The van der Waals surface area contributed by atoms with E-state index in [-0.39, 0.29) is 5.82 Å². The molecule has 4 rings (SSSR count). The Morgan fingerprint density at radius 2 is 1.62 bits per heavy atom. The van der Waals surface area contributed by atoms with Gasteiger partial charge in [0.05, 0.1) is 12.0 Å². The van der Waals surface area contributed by atoms with Gasteiger partial charge in [0, 0.05) is 11.1 Å². The van der Waals surface area contributed by atoms with Gasteiger partial charge in [-0.3, -0.25) is 0 Å². The van der Waals surface area contributed by atoms with Crippen LogP contribution in [0.25, 0.3) is 32.7 Å². The molecule has 1 atom stereocenters. The molecule has 2 nitrogen and oxygen atoms in total. The van der Waals surface area contributed by atoms with Crippen LogP contribution >= 0.6 is 10.7 Å². The molecule has 0 radical (unpaired) electrons. The smallest absolute Gasteiger partial charge is 0.148 e. The van der Waals surface area contributed by atoms with Crippen LogP contribution in [0.4, 0.5) is 4.39 Å². The molecule has 0 saturated carbocycles. The van der Waals surface area contributed by atoms with Crippen molar-refractivity contribution in [3.63, 3.8) is 0 Å². The van der Waals surface area contributed by atoms with Crippen LogP contribution in [0.5, 0.6) is 5.75 Å². The third-order valence-electron chi connectivity index (χ3n) is 4.48. The lowest BCUT2D eigenvalue weighted by atomic mass is 9.93. The van der Waals surface area contributed by atoms with Gasteiger partial charge in [0.15, 0.2) is 0 Å². The zero-order chi connectivity index (χ0) is 18.3. The number of rotatable bonds is 3. The molecule has 1 unspecified atom stereocenters. The quantitative estimate of drug-likeness (QED) is 0.401. The average molecular weight is 385 g/mol. The Kier molecular flexibility index (Phi) is 4.39. The van der Waals surface area contributed by atoms with Crippen LogP contribution in [0.2, 0.25) is 0 Å². The summed E-state index contributed by atoms with van der Waals surface area (Å²) in [6.45, 7) is 0. The molecule has 130 valence electrons. The Labute approximate surface area is 157 Å². The highest BCUT2D eigenvalue weighted by Crippen LogP contribution is 2.43. The van der Waals surface area contributed by atoms with Gasteiger partial charge in [-0.2, -0.15) is 0 Å². The first-order chi connectivity index (χ1) is 12.6. The van der Waals surface area contributed by atoms with E-state index in [1.54, 1.807) is 25.3 Å². The maximum Gasteiger partial charge on any atom is 0.148 e.